The highest BCUT2D eigenvalue weighted by atomic mass is 16.5. The van der Waals surface area contributed by atoms with E-state index in [-0.39, 0.29) is 17.6 Å². The molecule has 0 aliphatic carbocycles. The molecule has 2 aliphatic rings. The molecule has 4 rings (SSSR count). The van der Waals surface area contributed by atoms with Crippen LogP contribution < -0.4 is 4.74 Å². The first-order valence-electron chi connectivity index (χ1n) is 9.75. The topological polar surface area (TPSA) is 51.7 Å². The summed E-state index contributed by atoms with van der Waals surface area (Å²) in [7, 11) is 0. The maximum atomic E-state index is 13.1. The first-order chi connectivity index (χ1) is 13.1. The Bertz CT molecular complexity index is 834. The van der Waals surface area contributed by atoms with Gasteiger partial charge in [0.25, 0.3) is 5.91 Å². The van der Waals surface area contributed by atoms with Crippen molar-refractivity contribution in [1.29, 1.82) is 0 Å². The summed E-state index contributed by atoms with van der Waals surface area (Å²) in [5, 5.41) is 0. The van der Waals surface area contributed by atoms with Gasteiger partial charge in [-0.05, 0) is 43.4 Å². The first kappa shape index (κ1) is 18.0. The van der Waals surface area contributed by atoms with E-state index in [0.717, 1.165) is 25.8 Å². The summed E-state index contributed by atoms with van der Waals surface area (Å²) in [6.45, 7) is 6.02. The summed E-state index contributed by atoms with van der Waals surface area (Å²) >= 11 is 0. The van der Waals surface area contributed by atoms with Crippen LogP contribution in [0.3, 0.4) is 0 Å². The molecule has 2 aliphatic heterocycles. The summed E-state index contributed by atoms with van der Waals surface area (Å²) in [5.41, 5.74) is 2.72. The Labute approximate surface area is 160 Å². The van der Waals surface area contributed by atoms with Crippen molar-refractivity contribution in [3.63, 3.8) is 0 Å². The number of carbonyl (C=O) groups is 1. The second-order valence-corrected chi connectivity index (χ2v) is 7.49. The minimum Gasteiger partial charge on any atom is -0.475 e. The van der Waals surface area contributed by atoms with Crippen LogP contribution in [-0.4, -0.2) is 35.0 Å². The molecule has 0 radical (unpaired) electrons. The summed E-state index contributed by atoms with van der Waals surface area (Å²) in [4.78, 5) is 19.3. The Morgan fingerprint density at radius 3 is 3.07 bits per heavy atom. The lowest BCUT2D eigenvalue weighted by Crippen LogP contribution is -2.48. The minimum absolute atomic E-state index is 0.0125. The van der Waals surface area contributed by atoms with E-state index in [1.807, 2.05) is 17.9 Å². The molecule has 0 N–H and O–H groups in total. The van der Waals surface area contributed by atoms with Crippen molar-refractivity contribution >= 4 is 5.91 Å². The Kier molecular flexibility index (Phi) is 4.87. The predicted octanol–water partition coefficient (Wildman–Crippen LogP) is 3.92. The van der Waals surface area contributed by atoms with Crippen molar-refractivity contribution in [2.75, 3.05) is 13.1 Å². The molecule has 2 atom stereocenters. The van der Waals surface area contributed by atoms with Crippen LogP contribution in [0.2, 0.25) is 0 Å². The molecule has 0 saturated carbocycles. The van der Waals surface area contributed by atoms with Crippen molar-refractivity contribution < 1.29 is 14.3 Å². The zero-order chi connectivity index (χ0) is 18.9. The van der Waals surface area contributed by atoms with Crippen LogP contribution in [0.1, 0.15) is 54.6 Å². The van der Waals surface area contributed by atoms with Crippen LogP contribution >= 0.6 is 0 Å². The van der Waals surface area contributed by atoms with E-state index in [2.05, 4.69) is 30.1 Å². The fourth-order valence-corrected chi connectivity index (χ4v) is 4.00. The van der Waals surface area contributed by atoms with Crippen LogP contribution in [0.5, 0.6) is 5.88 Å². The summed E-state index contributed by atoms with van der Waals surface area (Å²) < 4.78 is 12.0. The largest absolute Gasteiger partial charge is 0.475 e. The highest BCUT2D eigenvalue weighted by Crippen LogP contribution is 2.43. The van der Waals surface area contributed by atoms with E-state index in [9.17, 15) is 4.79 Å². The molecule has 3 heterocycles. The van der Waals surface area contributed by atoms with E-state index < -0.39 is 0 Å². The van der Waals surface area contributed by atoms with Gasteiger partial charge in [0.1, 0.15) is 5.60 Å². The highest BCUT2D eigenvalue weighted by Gasteiger charge is 2.44. The zero-order valence-electron chi connectivity index (χ0n) is 16.0. The predicted molar refractivity (Wildman–Crippen MR) is 103 cm³/mol. The lowest BCUT2D eigenvalue weighted by atomic mass is 9.85. The maximum absolute atomic E-state index is 13.1. The quantitative estimate of drug-likeness (QED) is 0.823. The number of fused-ring (bicyclic) bond motifs is 2. The molecular formula is C22H26N2O3. The number of carbonyl (C=O) groups excluding carboxylic acids is 1. The van der Waals surface area contributed by atoms with Crippen LogP contribution in [0.25, 0.3) is 0 Å². The molecule has 1 amide bonds. The van der Waals surface area contributed by atoms with Gasteiger partial charge >= 0.3 is 0 Å². The van der Waals surface area contributed by atoms with Crippen LogP contribution in [0.4, 0.5) is 0 Å². The van der Waals surface area contributed by atoms with Crippen LogP contribution in [0, 0.1) is 0 Å². The monoisotopic (exact) mass is 366 g/mol. The number of piperidine rings is 1. The number of benzene rings is 1. The van der Waals surface area contributed by atoms with E-state index in [4.69, 9.17) is 9.47 Å². The van der Waals surface area contributed by atoms with E-state index in [1.54, 1.807) is 18.3 Å². The number of likely N-dealkylation sites (tertiary alicyclic amines) is 1. The number of pyridine rings is 1. The number of hydrogen-bond acceptors (Lipinski definition) is 4. The van der Waals surface area contributed by atoms with Crippen LogP contribution in [-0.2, 0) is 16.9 Å². The molecule has 1 aromatic heterocycles. The number of amides is 1. The molecule has 1 spiro atoms. The fourth-order valence-electron chi connectivity index (χ4n) is 4.00. The summed E-state index contributed by atoms with van der Waals surface area (Å²) in [6.07, 6.45) is 4.50. The third kappa shape index (κ3) is 3.44. The number of rotatable bonds is 4. The van der Waals surface area contributed by atoms with Gasteiger partial charge < -0.3 is 14.4 Å². The number of ether oxygens (including phenoxy) is 2. The maximum Gasteiger partial charge on any atom is 0.254 e. The Morgan fingerprint density at radius 1 is 1.37 bits per heavy atom. The van der Waals surface area contributed by atoms with Gasteiger partial charge in [-0.3, -0.25) is 4.79 Å². The van der Waals surface area contributed by atoms with Gasteiger partial charge in [0.15, 0.2) is 0 Å². The Morgan fingerprint density at radius 2 is 2.22 bits per heavy atom. The van der Waals surface area contributed by atoms with E-state index >= 15 is 0 Å². The normalized spacial score (nSPS) is 22.5. The molecule has 1 fully saturated rings. The lowest BCUT2D eigenvalue weighted by Gasteiger charge is -2.40. The van der Waals surface area contributed by atoms with Crippen LogP contribution in [0.15, 0.2) is 42.6 Å². The average Bonchev–Trinajstić information content (AvgIpc) is 3.05. The molecule has 1 saturated heterocycles. The Hall–Kier alpha value is -2.40. The second-order valence-electron chi connectivity index (χ2n) is 7.49. The lowest BCUT2D eigenvalue weighted by molar-refractivity contribution is -0.0785. The van der Waals surface area contributed by atoms with Gasteiger partial charge in [0, 0.05) is 24.4 Å². The van der Waals surface area contributed by atoms with Gasteiger partial charge in [0.05, 0.1) is 19.3 Å². The van der Waals surface area contributed by atoms with Crippen molar-refractivity contribution in [1.82, 2.24) is 9.88 Å². The highest BCUT2D eigenvalue weighted by molar-refractivity contribution is 5.94. The second kappa shape index (κ2) is 7.31. The number of nitrogens with zero attached hydrogens (tertiary/aromatic N) is 2. The van der Waals surface area contributed by atoms with E-state index in [0.29, 0.717) is 24.6 Å². The molecule has 27 heavy (non-hydrogen) atoms. The summed E-state index contributed by atoms with van der Waals surface area (Å²) in [6, 6.07) is 11.9. The summed E-state index contributed by atoms with van der Waals surface area (Å²) in [5.74, 6) is 0.517. The third-order valence-electron chi connectivity index (χ3n) is 5.63. The molecule has 5 heteroatoms. The number of aromatic nitrogens is 1. The molecule has 5 nitrogen and oxygen atoms in total. The number of hydrogen-bond donors (Lipinski definition) is 0. The average molecular weight is 366 g/mol. The molecule has 2 aromatic rings. The van der Waals surface area contributed by atoms with Gasteiger partial charge in [-0.25, -0.2) is 4.98 Å². The first-order valence-corrected chi connectivity index (χ1v) is 9.75. The Balaban J connectivity index is 1.54. The van der Waals surface area contributed by atoms with Gasteiger partial charge in [-0.15, -0.1) is 0 Å². The molecule has 0 bridgehead atoms. The molecule has 2 unspecified atom stereocenters. The van der Waals surface area contributed by atoms with Gasteiger partial charge in [-0.1, -0.05) is 31.2 Å². The van der Waals surface area contributed by atoms with Gasteiger partial charge in [0.2, 0.25) is 5.88 Å². The molecule has 1 aromatic carbocycles. The minimum atomic E-state index is -0.367. The van der Waals surface area contributed by atoms with Crippen molar-refractivity contribution in [3.8, 4) is 5.88 Å². The van der Waals surface area contributed by atoms with Gasteiger partial charge in [-0.2, -0.15) is 0 Å². The zero-order valence-corrected chi connectivity index (χ0v) is 16.0. The SMILES string of the molecule is CCC(C)Oc1cc(C(=O)N2CCCC3(C2)OCc2ccccc23)ccn1. The van der Waals surface area contributed by atoms with Crippen molar-refractivity contribution in [2.24, 2.45) is 0 Å². The van der Waals surface area contributed by atoms with Crippen molar-refractivity contribution in [2.45, 2.75) is 51.4 Å². The van der Waals surface area contributed by atoms with Crippen molar-refractivity contribution in [3.05, 3.63) is 59.3 Å². The standard InChI is InChI=1S/C22H26N2O3/c1-3-16(2)27-20-13-17(9-11-23-20)21(25)24-12-6-10-22(15-24)19-8-5-4-7-18(19)14-26-22/h4-5,7-9,11,13,16H,3,6,10,12,14-15H2,1-2H3. The third-order valence-corrected chi connectivity index (χ3v) is 5.63. The smallest absolute Gasteiger partial charge is 0.254 e. The fraction of sp³-hybridized carbons (Fsp3) is 0.455. The molecular weight excluding hydrogens is 340 g/mol. The van der Waals surface area contributed by atoms with E-state index in [1.165, 1.54) is 11.1 Å². The molecule has 142 valence electrons.